The van der Waals surface area contributed by atoms with E-state index < -0.39 is 0 Å². The molecule has 2 rings (SSSR count). The SMILES string of the molecule is Cn1cc(CCC2(CNC(C)(C)C)CCCCC2)cn1. The standard InChI is InChI=1S/C17H31N3/c1-16(2,3)18-14-17(9-6-5-7-10-17)11-8-15-12-19-20(4)13-15/h12-13,18H,5-11,14H2,1-4H3. The van der Waals surface area contributed by atoms with Crippen molar-refractivity contribution in [1.29, 1.82) is 0 Å². The minimum absolute atomic E-state index is 0.221. The smallest absolute Gasteiger partial charge is 0.0521 e. The van der Waals surface area contributed by atoms with Gasteiger partial charge in [-0.15, -0.1) is 0 Å². The lowest BCUT2D eigenvalue weighted by Gasteiger charge is -2.40. The molecule has 1 fully saturated rings. The van der Waals surface area contributed by atoms with Crippen LogP contribution >= 0.6 is 0 Å². The predicted octanol–water partition coefficient (Wildman–Crippen LogP) is 3.69. The van der Waals surface area contributed by atoms with Crippen LogP contribution in [0.1, 0.15) is 64.9 Å². The first kappa shape index (κ1) is 15.6. The van der Waals surface area contributed by atoms with Gasteiger partial charge >= 0.3 is 0 Å². The van der Waals surface area contributed by atoms with Crippen molar-refractivity contribution in [3.05, 3.63) is 18.0 Å². The number of hydrogen-bond acceptors (Lipinski definition) is 2. The quantitative estimate of drug-likeness (QED) is 0.889. The van der Waals surface area contributed by atoms with E-state index in [1.807, 2.05) is 17.9 Å². The summed E-state index contributed by atoms with van der Waals surface area (Å²) in [7, 11) is 2.00. The molecule has 1 N–H and O–H groups in total. The Kier molecular flexibility index (Phi) is 4.90. The van der Waals surface area contributed by atoms with Gasteiger partial charge in [0.25, 0.3) is 0 Å². The second kappa shape index (κ2) is 6.30. The first-order chi connectivity index (χ1) is 9.39. The largest absolute Gasteiger partial charge is 0.312 e. The molecule has 1 heterocycles. The van der Waals surface area contributed by atoms with Gasteiger partial charge in [-0.2, -0.15) is 5.10 Å². The predicted molar refractivity (Wildman–Crippen MR) is 84.8 cm³/mol. The number of aromatic nitrogens is 2. The maximum atomic E-state index is 4.29. The second-order valence-corrected chi connectivity index (χ2v) is 7.69. The van der Waals surface area contributed by atoms with E-state index in [1.54, 1.807) is 0 Å². The molecule has 0 spiro atoms. The van der Waals surface area contributed by atoms with Crippen molar-refractivity contribution in [1.82, 2.24) is 15.1 Å². The van der Waals surface area contributed by atoms with Gasteiger partial charge in [0.05, 0.1) is 6.20 Å². The molecular weight excluding hydrogens is 246 g/mol. The summed E-state index contributed by atoms with van der Waals surface area (Å²) in [6.45, 7) is 7.97. The first-order valence-corrected chi connectivity index (χ1v) is 8.11. The van der Waals surface area contributed by atoms with Crippen molar-refractivity contribution >= 4 is 0 Å². The van der Waals surface area contributed by atoms with E-state index in [0.29, 0.717) is 5.41 Å². The molecule has 1 aromatic rings. The van der Waals surface area contributed by atoms with E-state index in [0.717, 1.165) is 6.54 Å². The summed E-state index contributed by atoms with van der Waals surface area (Å²) < 4.78 is 1.91. The highest BCUT2D eigenvalue weighted by molar-refractivity contribution is 5.05. The van der Waals surface area contributed by atoms with Crippen LogP contribution in [0.5, 0.6) is 0 Å². The molecule has 0 aliphatic heterocycles. The molecule has 0 saturated heterocycles. The highest BCUT2D eigenvalue weighted by Crippen LogP contribution is 2.40. The Morgan fingerprint density at radius 1 is 1.25 bits per heavy atom. The molecule has 114 valence electrons. The maximum absolute atomic E-state index is 4.29. The van der Waals surface area contributed by atoms with Crippen molar-refractivity contribution in [3.63, 3.8) is 0 Å². The summed E-state index contributed by atoms with van der Waals surface area (Å²) in [5.41, 5.74) is 2.10. The molecule has 0 amide bonds. The van der Waals surface area contributed by atoms with Gasteiger partial charge < -0.3 is 5.32 Å². The molecule has 0 atom stereocenters. The van der Waals surface area contributed by atoms with E-state index in [9.17, 15) is 0 Å². The van der Waals surface area contributed by atoms with Gasteiger partial charge in [-0.25, -0.2) is 0 Å². The highest BCUT2D eigenvalue weighted by Gasteiger charge is 2.32. The van der Waals surface area contributed by atoms with Crippen LogP contribution in [-0.4, -0.2) is 21.9 Å². The van der Waals surface area contributed by atoms with E-state index in [1.165, 1.54) is 50.5 Å². The van der Waals surface area contributed by atoms with Crippen molar-refractivity contribution in [3.8, 4) is 0 Å². The number of nitrogens with one attached hydrogen (secondary N) is 1. The topological polar surface area (TPSA) is 29.9 Å². The lowest BCUT2D eigenvalue weighted by atomic mass is 9.70. The minimum atomic E-state index is 0.221. The zero-order valence-corrected chi connectivity index (χ0v) is 13.7. The van der Waals surface area contributed by atoms with Crippen LogP contribution in [0, 0.1) is 5.41 Å². The average molecular weight is 277 g/mol. The Bertz CT molecular complexity index is 408. The van der Waals surface area contributed by atoms with Crippen LogP contribution in [0.15, 0.2) is 12.4 Å². The number of hydrogen-bond donors (Lipinski definition) is 1. The summed E-state index contributed by atoms with van der Waals surface area (Å²) in [6, 6.07) is 0. The van der Waals surface area contributed by atoms with Crippen LogP contribution in [0.25, 0.3) is 0 Å². The van der Waals surface area contributed by atoms with Crippen LogP contribution in [0.4, 0.5) is 0 Å². The molecular formula is C17H31N3. The van der Waals surface area contributed by atoms with Gasteiger partial charge in [0.15, 0.2) is 0 Å². The third-order valence-corrected chi connectivity index (χ3v) is 4.61. The van der Waals surface area contributed by atoms with E-state index in [4.69, 9.17) is 0 Å². The van der Waals surface area contributed by atoms with Crippen molar-refractivity contribution in [2.45, 2.75) is 71.3 Å². The van der Waals surface area contributed by atoms with Crippen molar-refractivity contribution in [2.24, 2.45) is 12.5 Å². The number of aryl methyl sites for hydroxylation is 2. The molecule has 20 heavy (non-hydrogen) atoms. The van der Waals surface area contributed by atoms with Gasteiger partial charge in [-0.3, -0.25) is 4.68 Å². The Morgan fingerprint density at radius 2 is 1.95 bits per heavy atom. The van der Waals surface area contributed by atoms with Gasteiger partial charge in [-0.1, -0.05) is 19.3 Å². The number of rotatable bonds is 5. The monoisotopic (exact) mass is 277 g/mol. The average Bonchev–Trinajstić information content (AvgIpc) is 2.81. The van der Waals surface area contributed by atoms with Gasteiger partial charge in [0.2, 0.25) is 0 Å². The summed E-state index contributed by atoms with van der Waals surface area (Å²) in [4.78, 5) is 0. The lowest BCUT2D eigenvalue weighted by molar-refractivity contribution is 0.153. The fraction of sp³-hybridized carbons (Fsp3) is 0.824. The zero-order chi connectivity index (χ0) is 14.6. The fourth-order valence-electron chi connectivity index (χ4n) is 3.28. The third-order valence-electron chi connectivity index (χ3n) is 4.61. The molecule has 1 aliphatic carbocycles. The molecule has 0 unspecified atom stereocenters. The van der Waals surface area contributed by atoms with Gasteiger partial charge in [0, 0.05) is 25.3 Å². The molecule has 1 aromatic heterocycles. The summed E-state index contributed by atoms with van der Waals surface area (Å²) in [6.07, 6.45) is 13.6. The van der Waals surface area contributed by atoms with Gasteiger partial charge in [0.1, 0.15) is 0 Å². The van der Waals surface area contributed by atoms with Gasteiger partial charge in [-0.05, 0) is 57.4 Å². The van der Waals surface area contributed by atoms with Crippen LogP contribution < -0.4 is 5.32 Å². The molecule has 1 saturated carbocycles. The summed E-state index contributed by atoms with van der Waals surface area (Å²) in [5.74, 6) is 0. The molecule has 3 nitrogen and oxygen atoms in total. The minimum Gasteiger partial charge on any atom is -0.312 e. The first-order valence-electron chi connectivity index (χ1n) is 8.11. The van der Waals surface area contributed by atoms with E-state index in [2.05, 4.69) is 37.4 Å². The third kappa shape index (κ3) is 4.62. The molecule has 1 aliphatic rings. The Morgan fingerprint density at radius 3 is 2.50 bits per heavy atom. The summed E-state index contributed by atoms with van der Waals surface area (Å²) in [5, 5.41) is 8.04. The highest BCUT2D eigenvalue weighted by atomic mass is 15.2. The summed E-state index contributed by atoms with van der Waals surface area (Å²) >= 11 is 0. The Hall–Kier alpha value is -0.830. The second-order valence-electron chi connectivity index (χ2n) is 7.69. The van der Waals surface area contributed by atoms with Crippen LogP contribution in [0.3, 0.4) is 0 Å². The number of nitrogens with zero attached hydrogens (tertiary/aromatic N) is 2. The van der Waals surface area contributed by atoms with E-state index >= 15 is 0 Å². The van der Waals surface area contributed by atoms with Crippen LogP contribution in [0.2, 0.25) is 0 Å². The maximum Gasteiger partial charge on any atom is 0.0521 e. The zero-order valence-electron chi connectivity index (χ0n) is 13.7. The fourth-order valence-corrected chi connectivity index (χ4v) is 3.28. The Labute approximate surface area is 124 Å². The van der Waals surface area contributed by atoms with Crippen molar-refractivity contribution in [2.75, 3.05) is 6.54 Å². The van der Waals surface area contributed by atoms with Crippen LogP contribution in [-0.2, 0) is 13.5 Å². The molecule has 3 heteroatoms. The molecule has 0 radical (unpaired) electrons. The molecule has 0 bridgehead atoms. The molecule has 0 aromatic carbocycles. The normalized spacial score (nSPS) is 19.2. The van der Waals surface area contributed by atoms with E-state index in [-0.39, 0.29) is 5.54 Å². The van der Waals surface area contributed by atoms with Crippen molar-refractivity contribution < 1.29 is 0 Å². The Balaban J connectivity index is 1.95. The lowest BCUT2D eigenvalue weighted by Crippen LogP contribution is -2.45.